The summed E-state index contributed by atoms with van der Waals surface area (Å²) in [7, 11) is 0. The van der Waals surface area contributed by atoms with Gasteiger partial charge < -0.3 is 4.57 Å². The predicted octanol–water partition coefficient (Wildman–Crippen LogP) is 14.1. The minimum Gasteiger partial charge on any atom is -0.309 e. The molecule has 3 heteroatoms. The summed E-state index contributed by atoms with van der Waals surface area (Å²) in [6, 6.07) is 81.1. The molecule has 0 aliphatic heterocycles. The lowest BCUT2D eigenvalue weighted by molar-refractivity contribution is 0.769. The zero-order valence-electron chi connectivity index (χ0n) is 32.7. The van der Waals surface area contributed by atoms with E-state index in [2.05, 4.69) is 217 Å². The number of nitrogens with zero attached hydrogens (tertiary/aromatic N) is 3. The molecule has 1 aliphatic rings. The van der Waals surface area contributed by atoms with Gasteiger partial charge in [-0.1, -0.05) is 182 Å². The molecule has 3 nitrogen and oxygen atoms in total. The summed E-state index contributed by atoms with van der Waals surface area (Å²) in [5.74, 6) is 0.695. The SMILES string of the molecule is c1ccc(-c2cc(-c3ccccc3)nc(-c3ccc(-n4c5cc(C6(c7ccccc7)c7ccccc7-c7ccccc76)ccc5c5c6ccccc6ccc54)cc3)n2)cc1. The molecule has 0 bridgehead atoms. The Morgan fingerprint density at radius 3 is 1.58 bits per heavy atom. The van der Waals surface area contributed by atoms with Gasteiger partial charge in [-0.25, -0.2) is 9.97 Å². The van der Waals surface area contributed by atoms with E-state index in [4.69, 9.17) is 9.97 Å². The molecule has 0 amide bonds. The molecule has 2 heterocycles. The van der Waals surface area contributed by atoms with Crippen molar-refractivity contribution < 1.29 is 0 Å². The topological polar surface area (TPSA) is 30.7 Å². The second-order valence-electron chi connectivity index (χ2n) is 15.7. The van der Waals surface area contributed by atoms with Crippen LogP contribution in [0.4, 0.5) is 0 Å². The molecule has 0 unspecified atom stereocenters. The van der Waals surface area contributed by atoms with E-state index in [0.717, 1.165) is 39.3 Å². The van der Waals surface area contributed by atoms with Crippen molar-refractivity contribution >= 4 is 32.6 Å². The third kappa shape index (κ3) is 5.16. The van der Waals surface area contributed by atoms with Crippen molar-refractivity contribution in [3.05, 3.63) is 247 Å². The summed E-state index contributed by atoms with van der Waals surface area (Å²) in [6.07, 6.45) is 0. The predicted molar refractivity (Wildman–Crippen MR) is 247 cm³/mol. The zero-order valence-corrected chi connectivity index (χ0v) is 32.7. The highest BCUT2D eigenvalue weighted by molar-refractivity contribution is 6.21. The summed E-state index contributed by atoms with van der Waals surface area (Å²) < 4.78 is 2.45. The van der Waals surface area contributed by atoms with Gasteiger partial charge in [0, 0.05) is 33.2 Å². The van der Waals surface area contributed by atoms with Crippen LogP contribution in [0.2, 0.25) is 0 Å². The van der Waals surface area contributed by atoms with Crippen LogP contribution >= 0.6 is 0 Å². The lowest BCUT2D eigenvalue weighted by Gasteiger charge is -2.34. The van der Waals surface area contributed by atoms with Gasteiger partial charge in [0.05, 0.1) is 27.8 Å². The Balaban J connectivity index is 1.09. The highest BCUT2D eigenvalue weighted by Gasteiger charge is 2.46. The molecule has 0 radical (unpaired) electrons. The molecule has 280 valence electrons. The first-order chi connectivity index (χ1) is 29.8. The van der Waals surface area contributed by atoms with Gasteiger partial charge in [-0.05, 0) is 86.6 Å². The molecular weight excluding hydrogens is 727 g/mol. The lowest BCUT2D eigenvalue weighted by atomic mass is 9.67. The van der Waals surface area contributed by atoms with E-state index in [1.807, 2.05) is 12.1 Å². The van der Waals surface area contributed by atoms with Gasteiger partial charge in [0.1, 0.15) is 0 Å². The van der Waals surface area contributed by atoms with E-state index < -0.39 is 5.41 Å². The molecule has 12 rings (SSSR count). The minimum atomic E-state index is -0.507. The van der Waals surface area contributed by atoms with Crippen LogP contribution in [0.15, 0.2) is 224 Å². The fourth-order valence-electron chi connectivity index (χ4n) is 9.86. The highest BCUT2D eigenvalue weighted by Crippen LogP contribution is 2.56. The van der Waals surface area contributed by atoms with Crippen LogP contribution < -0.4 is 0 Å². The summed E-state index contributed by atoms with van der Waals surface area (Å²) in [6.45, 7) is 0. The molecule has 0 N–H and O–H groups in total. The van der Waals surface area contributed by atoms with Gasteiger partial charge in [-0.3, -0.25) is 0 Å². The Morgan fingerprint density at radius 2 is 0.933 bits per heavy atom. The highest BCUT2D eigenvalue weighted by atomic mass is 15.0. The third-order valence-corrected chi connectivity index (χ3v) is 12.5. The minimum absolute atomic E-state index is 0.507. The Bertz CT molecular complexity index is 3300. The van der Waals surface area contributed by atoms with E-state index >= 15 is 0 Å². The number of benzene rings is 9. The van der Waals surface area contributed by atoms with Crippen LogP contribution in [0, 0.1) is 0 Å². The number of aromatic nitrogens is 3. The summed E-state index contributed by atoms with van der Waals surface area (Å²) in [4.78, 5) is 10.3. The van der Waals surface area contributed by atoms with Crippen molar-refractivity contribution in [3.63, 3.8) is 0 Å². The molecule has 0 atom stereocenters. The largest absolute Gasteiger partial charge is 0.309 e. The molecule has 0 saturated carbocycles. The summed E-state index contributed by atoms with van der Waals surface area (Å²) in [5.41, 5.74) is 15.5. The number of fused-ring (bicyclic) bond motifs is 8. The second kappa shape index (κ2) is 13.6. The third-order valence-electron chi connectivity index (χ3n) is 12.5. The maximum atomic E-state index is 5.14. The second-order valence-corrected chi connectivity index (χ2v) is 15.7. The summed E-state index contributed by atoms with van der Waals surface area (Å²) >= 11 is 0. The van der Waals surface area contributed by atoms with Gasteiger partial charge in [0.25, 0.3) is 0 Å². The van der Waals surface area contributed by atoms with Crippen LogP contribution in [0.5, 0.6) is 0 Å². The Morgan fingerprint density at radius 1 is 0.367 bits per heavy atom. The van der Waals surface area contributed by atoms with Gasteiger partial charge in [-0.2, -0.15) is 0 Å². The van der Waals surface area contributed by atoms with E-state index in [-0.39, 0.29) is 0 Å². The average molecular weight is 764 g/mol. The van der Waals surface area contributed by atoms with Crippen molar-refractivity contribution in [1.82, 2.24) is 14.5 Å². The Labute approximate surface area is 348 Å². The van der Waals surface area contributed by atoms with Crippen LogP contribution in [0.25, 0.3) is 83.3 Å². The Hall–Kier alpha value is -7.88. The van der Waals surface area contributed by atoms with Gasteiger partial charge in [0.15, 0.2) is 5.82 Å². The van der Waals surface area contributed by atoms with E-state index in [0.29, 0.717) is 5.82 Å². The molecule has 0 spiro atoms. The quantitative estimate of drug-likeness (QED) is 0.169. The van der Waals surface area contributed by atoms with Crippen molar-refractivity contribution in [3.8, 4) is 50.7 Å². The smallest absolute Gasteiger partial charge is 0.160 e. The average Bonchev–Trinajstić information content (AvgIpc) is 3.83. The van der Waals surface area contributed by atoms with E-state index in [1.54, 1.807) is 0 Å². The number of hydrogen-bond acceptors (Lipinski definition) is 2. The van der Waals surface area contributed by atoms with Crippen molar-refractivity contribution in [2.75, 3.05) is 0 Å². The molecule has 60 heavy (non-hydrogen) atoms. The van der Waals surface area contributed by atoms with Gasteiger partial charge in [0.2, 0.25) is 0 Å². The first kappa shape index (κ1) is 34.2. The fraction of sp³-hybridized carbons (Fsp3) is 0.0175. The maximum absolute atomic E-state index is 5.14. The van der Waals surface area contributed by atoms with Crippen molar-refractivity contribution in [2.45, 2.75) is 5.41 Å². The van der Waals surface area contributed by atoms with Crippen molar-refractivity contribution in [2.24, 2.45) is 0 Å². The molecule has 0 saturated heterocycles. The van der Waals surface area contributed by atoms with Crippen LogP contribution in [0.1, 0.15) is 22.3 Å². The number of hydrogen-bond donors (Lipinski definition) is 0. The first-order valence-electron chi connectivity index (χ1n) is 20.6. The van der Waals surface area contributed by atoms with Crippen molar-refractivity contribution in [1.29, 1.82) is 0 Å². The van der Waals surface area contributed by atoms with Crippen LogP contribution in [0.3, 0.4) is 0 Å². The maximum Gasteiger partial charge on any atom is 0.160 e. The van der Waals surface area contributed by atoms with Crippen LogP contribution in [-0.4, -0.2) is 14.5 Å². The van der Waals surface area contributed by atoms with Crippen LogP contribution in [-0.2, 0) is 5.41 Å². The van der Waals surface area contributed by atoms with Gasteiger partial charge >= 0.3 is 0 Å². The van der Waals surface area contributed by atoms with E-state index in [9.17, 15) is 0 Å². The fourth-order valence-corrected chi connectivity index (χ4v) is 9.86. The lowest BCUT2D eigenvalue weighted by Crippen LogP contribution is -2.28. The molecular formula is C57H37N3. The molecule has 2 aromatic heterocycles. The van der Waals surface area contributed by atoms with E-state index in [1.165, 1.54) is 60.4 Å². The number of rotatable bonds is 6. The standard InChI is InChI=1S/C57H37N3/c1-4-17-39(18-5-1)51-37-52(40-19-6-2-7-20-40)59-56(58-51)41-28-32-44(33-29-41)60-53-35-30-38-16-10-11-23-45(38)55(53)48-34-31-43(36-54(48)60)57(42-21-8-3-9-22-42)49-26-14-12-24-46(49)47-25-13-15-27-50(47)57/h1-37H. The molecule has 9 aromatic carbocycles. The first-order valence-corrected chi connectivity index (χ1v) is 20.6. The zero-order chi connectivity index (χ0) is 39.6. The summed E-state index contributed by atoms with van der Waals surface area (Å²) in [5, 5.41) is 4.96. The normalized spacial score (nSPS) is 12.8. The van der Waals surface area contributed by atoms with Gasteiger partial charge in [-0.15, -0.1) is 0 Å². The molecule has 11 aromatic rings. The molecule has 0 fully saturated rings. The molecule has 1 aliphatic carbocycles. The Kier molecular flexibility index (Phi) is 7.76. The monoisotopic (exact) mass is 763 g/mol.